The van der Waals surface area contributed by atoms with Crippen molar-refractivity contribution in [1.82, 2.24) is 14.5 Å². The van der Waals surface area contributed by atoms with Crippen LogP contribution in [0.4, 0.5) is 9.18 Å². The lowest BCUT2D eigenvalue weighted by atomic mass is 10.1. The molecule has 0 radical (unpaired) electrons. The number of rotatable bonds is 4. The van der Waals surface area contributed by atoms with Gasteiger partial charge in [0.15, 0.2) is 0 Å². The molecule has 164 valence electrons. The minimum absolute atomic E-state index is 0.176. The van der Waals surface area contributed by atoms with Crippen LogP contribution in [0.1, 0.15) is 39.2 Å². The molecule has 0 aliphatic carbocycles. The Bertz CT molecular complexity index is 1060. The number of hydrogen-bond donors (Lipinski definition) is 0. The molecule has 1 fully saturated rings. The highest BCUT2D eigenvalue weighted by molar-refractivity contribution is 5.76. The number of imidazole rings is 1. The van der Waals surface area contributed by atoms with E-state index in [1.807, 2.05) is 49.6 Å². The van der Waals surface area contributed by atoms with Crippen molar-refractivity contribution in [3.05, 3.63) is 59.9 Å². The van der Waals surface area contributed by atoms with Gasteiger partial charge >= 0.3 is 6.09 Å². The SMILES string of the molecule is CC(C)(C)OC(=O)N1CCC[C@@H](Oc2nc3ccccc3n2Cc2ccc(F)cc2)C1. The molecule has 1 aliphatic heterocycles. The van der Waals surface area contributed by atoms with Gasteiger partial charge in [0.05, 0.1) is 24.1 Å². The van der Waals surface area contributed by atoms with Crippen molar-refractivity contribution in [3.63, 3.8) is 0 Å². The van der Waals surface area contributed by atoms with E-state index in [0.29, 0.717) is 25.6 Å². The summed E-state index contributed by atoms with van der Waals surface area (Å²) in [6.07, 6.45) is 1.17. The molecule has 1 atom stereocenters. The maximum absolute atomic E-state index is 13.3. The fourth-order valence-corrected chi connectivity index (χ4v) is 3.74. The van der Waals surface area contributed by atoms with Gasteiger partial charge in [-0.3, -0.25) is 4.57 Å². The third-order valence-electron chi connectivity index (χ3n) is 5.18. The van der Waals surface area contributed by atoms with E-state index in [1.165, 1.54) is 12.1 Å². The van der Waals surface area contributed by atoms with E-state index < -0.39 is 5.60 Å². The van der Waals surface area contributed by atoms with Gasteiger partial charge in [0, 0.05) is 6.54 Å². The number of halogens is 1. The summed E-state index contributed by atoms with van der Waals surface area (Å²) in [7, 11) is 0. The highest BCUT2D eigenvalue weighted by atomic mass is 19.1. The Morgan fingerprint density at radius 3 is 2.65 bits per heavy atom. The monoisotopic (exact) mass is 425 g/mol. The van der Waals surface area contributed by atoms with Gasteiger partial charge in [-0.2, -0.15) is 4.98 Å². The zero-order valence-electron chi connectivity index (χ0n) is 18.2. The number of likely N-dealkylation sites (tertiary alicyclic amines) is 1. The van der Waals surface area contributed by atoms with Crippen LogP contribution in [0.15, 0.2) is 48.5 Å². The zero-order chi connectivity index (χ0) is 22.0. The number of ether oxygens (including phenoxy) is 2. The Balaban J connectivity index is 1.55. The lowest BCUT2D eigenvalue weighted by Gasteiger charge is -2.34. The van der Waals surface area contributed by atoms with Gasteiger partial charge in [-0.05, 0) is 63.4 Å². The predicted molar refractivity (Wildman–Crippen MR) is 117 cm³/mol. The van der Waals surface area contributed by atoms with Gasteiger partial charge in [-0.25, -0.2) is 9.18 Å². The lowest BCUT2D eigenvalue weighted by molar-refractivity contribution is 0.00626. The van der Waals surface area contributed by atoms with Gasteiger partial charge in [-0.1, -0.05) is 24.3 Å². The topological polar surface area (TPSA) is 56.6 Å². The average molecular weight is 426 g/mol. The van der Waals surface area contributed by atoms with Crippen LogP contribution < -0.4 is 4.74 Å². The molecule has 1 amide bonds. The summed E-state index contributed by atoms with van der Waals surface area (Å²) in [6.45, 7) is 7.20. The Hall–Kier alpha value is -3.09. The van der Waals surface area contributed by atoms with Crippen LogP contribution in [-0.4, -0.2) is 45.3 Å². The Morgan fingerprint density at radius 2 is 1.90 bits per heavy atom. The van der Waals surface area contributed by atoms with Gasteiger partial charge < -0.3 is 14.4 Å². The highest BCUT2D eigenvalue weighted by Gasteiger charge is 2.29. The van der Waals surface area contributed by atoms with Crippen molar-refractivity contribution in [2.45, 2.75) is 51.9 Å². The van der Waals surface area contributed by atoms with Gasteiger partial charge in [0.1, 0.15) is 17.5 Å². The summed E-state index contributed by atoms with van der Waals surface area (Å²) in [6, 6.07) is 14.8. The Labute approximate surface area is 181 Å². The molecule has 0 bridgehead atoms. The van der Waals surface area contributed by atoms with Crippen molar-refractivity contribution >= 4 is 17.1 Å². The number of amides is 1. The number of benzene rings is 2. The largest absolute Gasteiger partial charge is 0.459 e. The molecule has 3 aromatic rings. The summed E-state index contributed by atoms with van der Waals surface area (Å²) < 4.78 is 27.1. The highest BCUT2D eigenvalue weighted by Crippen LogP contribution is 2.26. The third kappa shape index (κ3) is 5.16. The minimum Gasteiger partial charge on any atom is -0.459 e. The van der Waals surface area contributed by atoms with Gasteiger partial charge in [0.2, 0.25) is 0 Å². The molecule has 1 saturated heterocycles. The van der Waals surface area contributed by atoms with Crippen LogP contribution >= 0.6 is 0 Å². The molecule has 2 aromatic carbocycles. The first-order valence-electron chi connectivity index (χ1n) is 10.6. The molecule has 0 N–H and O–H groups in total. The molecule has 1 aromatic heterocycles. The van der Waals surface area contributed by atoms with Gasteiger partial charge in [-0.15, -0.1) is 0 Å². The third-order valence-corrected chi connectivity index (χ3v) is 5.18. The molecule has 2 heterocycles. The molecule has 0 spiro atoms. The molecular formula is C24H28FN3O3. The number of aromatic nitrogens is 2. The molecule has 0 saturated carbocycles. The summed E-state index contributed by atoms with van der Waals surface area (Å²) >= 11 is 0. The quantitative estimate of drug-likeness (QED) is 0.590. The molecule has 31 heavy (non-hydrogen) atoms. The number of para-hydroxylation sites is 2. The molecule has 7 heteroatoms. The van der Waals surface area contributed by atoms with E-state index in [-0.39, 0.29) is 18.0 Å². The van der Waals surface area contributed by atoms with Crippen LogP contribution in [0.3, 0.4) is 0 Å². The first-order chi connectivity index (χ1) is 14.8. The van der Waals surface area contributed by atoms with E-state index >= 15 is 0 Å². The van der Waals surface area contributed by atoms with Crippen LogP contribution in [0.25, 0.3) is 11.0 Å². The molecule has 0 unspecified atom stereocenters. The van der Waals surface area contributed by atoms with E-state index in [9.17, 15) is 9.18 Å². The maximum atomic E-state index is 13.3. The van der Waals surface area contributed by atoms with Crippen molar-refractivity contribution in [2.24, 2.45) is 0 Å². The standard InChI is InChI=1S/C24H28FN3O3/c1-24(2,3)31-23(29)27-14-6-7-19(16-27)30-22-26-20-8-4-5-9-21(20)28(22)15-17-10-12-18(25)13-11-17/h4-5,8-13,19H,6-7,14-16H2,1-3H3/t19-/m1/s1. The van der Waals surface area contributed by atoms with Crippen LogP contribution in [-0.2, 0) is 11.3 Å². The average Bonchev–Trinajstić information content (AvgIpc) is 3.06. The second kappa shape index (κ2) is 8.57. The predicted octanol–water partition coefficient (Wildman–Crippen LogP) is 5.00. The van der Waals surface area contributed by atoms with E-state index in [0.717, 1.165) is 29.4 Å². The molecular weight excluding hydrogens is 397 g/mol. The first kappa shape index (κ1) is 21.2. The van der Waals surface area contributed by atoms with E-state index in [1.54, 1.807) is 17.0 Å². The second-order valence-electron chi connectivity index (χ2n) is 8.90. The lowest BCUT2D eigenvalue weighted by Crippen LogP contribution is -2.46. The number of fused-ring (bicyclic) bond motifs is 1. The van der Waals surface area contributed by atoms with Crippen molar-refractivity contribution < 1.29 is 18.7 Å². The number of hydrogen-bond acceptors (Lipinski definition) is 4. The Kier molecular flexibility index (Phi) is 5.85. The maximum Gasteiger partial charge on any atom is 0.410 e. The number of carbonyl (C=O) groups excluding carboxylic acids is 1. The second-order valence-corrected chi connectivity index (χ2v) is 8.90. The molecule has 6 nitrogen and oxygen atoms in total. The van der Waals surface area contributed by atoms with E-state index in [4.69, 9.17) is 9.47 Å². The summed E-state index contributed by atoms with van der Waals surface area (Å²) in [5, 5.41) is 0. The number of piperidine rings is 1. The summed E-state index contributed by atoms with van der Waals surface area (Å²) in [4.78, 5) is 18.9. The van der Waals surface area contributed by atoms with Crippen molar-refractivity contribution in [2.75, 3.05) is 13.1 Å². The first-order valence-corrected chi connectivity index (χ1v) is 10.6. The van der Waals surface area contributed by atoms with Crippen molar-refractivity contribution in [3.8, 4) is 6.01 Å². The molecule has 4 rings (SSSR count). The van der Waals surface area contributed by atoms with Crippen LogP contribution in [0.2, 0.25) is 0 Å². The van der Waals surface area contributed by atoms with Crippen LogP contribution in [0, 0.1) is 5.82 Å². The Morgan fingerprint density at radius 1 is 1.16 bits per heavy atom. The fourth-order valence-electron chi connectivity index (χ4n) is 3.74. The van der Waals surface area contributed by atoms with Crippen LogP contribution in [0.5, 0.6) is 6.01 Å². The zero-order valence-corrected chi connectivity index (χ0v) is 18.2. The minimum atomic E-state index is -0.534. The fraction of sp³-hybridized carbons (Fsp3) is 0.417. The smallest absolute Gasteiger partial charge is 0.410 e. The summed E-state index contributed by atoms with van der Waals surface area (Å²) in [5.74, 6) is -0.264. The summed E-state index contributed by atoms with van der Waals surface area (Å²) in [5.41, 5.74) is 2.20. The normalized spacial score (nSPS) is 17.0. The van der Waals surface area contributed by atoms with E-state index in [2.05, 4.69) is 4.98 Å². The van der Waals surface area contributed by atoms with Crippen molar-refractivity contribution in [1.29, 1.82) is 0 Å². The molecule has 1 aliphatic rings. The van der Waals surface area contributed by atoms with Gasteiger partial charge in [0.25, 0.3) is 6.01 Å². The number of carbonyl (C=O) groups is 1. The number of nitrogens with zero attached hydrogens (tertiary/aromatic N) is 3.